The number of halogens is 2. The number of rotatable bonds is 8. The van der Waals surface area contributed by atoms with Crippen LogP contribution in [0.3, 0.4) is 0 Å². The van der Waals surface area contributed by atoms with Crippen molar-refractivity contribution in [1.29, 1.82) is 0 Å². The second kappa shape index (κ2) is 8.22. The molecule has 2 N–H and O–H groups in total. The SMILES string of the molecule is CCC(N)CSCc1ccc(OC(F)F)c(OC)c1. The van der Waals surface area contributed by atoms with Gasteiger partial charge >= 0.3 is 6.61 Å². The zero-order chi connectivity index (χ0) is 14.3. The molecule has 0 aromatic heterocycles. The molecule has 0 heterocycles. The van der Waals surface area contributed by atoms with Crippen LogP contribution in [0.15, 0.2) is 18.2 Å². The summed E-state index contributed by atoms with van der Waals surface area (Å²) in [6, 6.07) is 5.15. The molecule has 0 fully saturated rings. The van der Waals surface area contributed by atoms with Crippen LogP contribution in [0.5, 0.6) is 11.5 Å². The third kappa shape index (κ3) is 5.65. The number of hydrogen-bond donors (Lipinski definition) is 1. The number of nitrogens with two attached hydrogens (primary N) is 1. The van der Waals surface area contributed by atoms with E-state index >= 15 is 0 Å². The maximum absolute atomic E-state index is 12.2. The maximum Gasteiger partial charge on any atom is 0.387 e. The first kappa shape index (κ1) is 16.0. The Hall–Kier alpha value is -1.01. The van der Waals surface area contributed by atoms with Gasteiger partial charge in [-0.1, -0.05) is 13.0 Å². The standard InChI is InChI=1S/C13H19F2NO2S/c1-3-10(16)8-19-7-9-4-5-11(18-13(14)15)12(6-9)17-2/h4-6,10,13H,3,7-8,16H2,1-2H3. The van der Waals surface area contributed by atoms with Gasteiger partial charge < -0.3 is 15.2 Å². The van der Waals surface area contributed by atoms with Crippen molar-refractivity contribution in [3.8, 4) is 11.5 Å². The van der Waals surface area contributed by atoms with E-state index in [-0.39, 0.29) is 11.8 Å². The summed E-state index contributed by atoms with van der Waals surface area (Å²) in [4.78, 5) is 0. The Bertz CT molecular complexity index is 391. The molecule has 0 amide bonds. The number of hydrogen-bond acceptors (Lipinski definition) is 4. The number of alkyl halides is 2. The van der Waals surface area contributed by atoms with Crippen LogP contribution in [0, 0.1) is 0 Å². The molecule has 1 unspecified atom stereocenters. The molecule has 0 radical (unpaired) electrons. The fourth-order valence-corrected chi connectivity index (χ4v) is 2.51. The van der Waals surface area contributed by atoms with Crippen molar-refractivity contribution in [2.75, 3.05) is 12.9 Å². The number of ether oxygens (including phenoxy) is 2. The van der Waals surface area contributed by atoms with Gasteiger partial charge in [0, 0.05) is 17.5 Å². The van der Waals surface area contributed by atoms with E-state index in [9.17, 15) is 8.78 Å². The van der Waals surface area contributed by atoms with Crippen molar-refractivity contribution >= 4 is 11.8 Å². The highest BCUT2D eigenvalue weighted by molar-refractivity contribution is 7.98. The van der Waals surface area contributed by atoms with Crippen LogP contribution in [0.4, 0.5) is 8.78 Å². The highest BCUT2D eigenvalue weighted by atomic mass is 32.2. The monoisotopic (exact) mass is 291 g/mol. The molecule has 1 atom stereocenters. The van der Waals surface area contributed by atoms with E-state index in [1.165, 1.54) is 13.2 Å². The summed E-state index contributed by atoms with van der Waals surface area (Å²) < 4.78 is 33.8. The first-order valence-corrected chi connectivity index (χ1v) is 7.17. The Morgan fingerprint density at radius 1 is 1.32 bits per heavy atom. The van der Waals surface area contributed by atoms with Crippen molar-refractivity contribution in [3.63, 3.8) is 0 Å². The lowest BCUT2D eigenvalue weighted by molar-refractivity contribution is -0.0512. The van der Waals surface area contributed by atoms with Crippen LogP contribution in [0.2, 0.25) is 0 Å². The molecular weight excluding hydrogens is 272 g/mol. The Labute approximate surface area is 116 Å². The lowest BCUT2D eigenvalue weighted by atomic mass is 10.2. The molecule has 19 heavy (non-hydrogen) atoms. The number of benzene rings is 1. The van der Waals surface area contributed by atoms with Gasteiger partial charge in [-0.05, 0) is 24.1 Å². The van der Waals surface area contributed by atoms with Crippen LogP contribution >= 0.6 is 11.8 Å². The van der Waals surface area contributed by atoms with E-state index in [1.807, 2.05) is 6.92 Å². The molecule has 0 aliphatic rings. The smallest absolute Gasteiger partial charge is 0.387 e. The van der Waals surface area contributed by atoms with Crippen molar-refractivity contribution in [3.05, 3.63) is 23.8 Å². The van der Waals surface area contributed by atoms with Gasteiger partial charge in [-0.2, -0.15) is 20.5 Å². The minimum absolute atomic E-state index is 0.0523. The van der Waals surface area contributed by atoms with Gasteiger partial charge in [0.15, 0.2) is 11.5 Å². The quantitative estimate of drug-likeness (QED) is 0.798. The summed E-state index contributed by atoms with van der Waals surface area (Å²) in [6.07, 6.45) is 0.942. The van der Waals surface area contributed by atoms with Crippen LogP contribution in [0.1, 0.15) is 18.9 Å². The van der Waals surface area contributed by atoms with Crippen molar-refractivity contribution in [1.82, 2.24) is 0 Å². The van der Waals surface area contributed by atoms with E-state index in [1.54, 1.807) is 23.9 Å². The lowest BCUT2D eigenvalue weighted by Gasteiger charge is -2.12. The normalized spacial score (nSPS) is 12.5. The van der Waals surface area contributed by atoms with E-state index in [0.29, 0.717) is 5.75 Å². The molecule has 1 aromatic rings. The van der Waals surface area contributed by atoms with E-state index in [0.717, 1.165) is 23.5 Å². The Morgan fingerprint density at radius 3 is 2.63 bits per heavy atom. The fourth-order valence-electron chi connectivity index (χ4n) is 1.44. The number of methoxy groups -OCH3 is 1. The van der Waals surface area contributed by atoms with Gasteiger partial charge in [-0.3, -0.25) is 0 Å². The molecule has 0 bridgehead atoms. The third-order valence-corrected chi connectivity index (χ3v) is 3.77. The lowest BCUT2D eigenvalue weighted by Crippen LogP contribution is -2.21. The van der Waals surface area contributed by atoms with Gasteiger partial charge in [-0.25, -0.2) is 0 Å². The summed E-state index contributed by atoms with van der Waals surface area (Å²) in [5.74, 6) is 2.00. The summed E-state index contributed by atoms with van der Waals surface area (Å²) in [5.41, 5.74) is 6.82. The molecule has 6 heteroatoms. The molecule has 0 spiro atoms. The summed E-state index contributed by atoms with van der Waals surface area (Å²) in [5, 5.41) is 0. The van der Waals surface area contributed by atoms with Gasteiger partial charge in [-0.15, -0.1) is 0 Å². The average Bonchev–Trinajstić information content (AvgIpc) is 2.39. The predicted octanol–water partition coefficient (Wildman–Crippen LogP) is 3.27. The third-order valence-electron chi connectivity index (χ3n) is 2.57. The van der Waals surface area contributed by atoms with Crippen LogP contribution in [-0.4, -0.2) is 25.5 Å². The average molecular weight is 291 g/mol. The molecule has 108 valence electrons. The van der Waals surface area contributed by atoms with Crippen molar-refractivity contribution < 1.29 is 18.3 Å². The highest BCUT2D eigenvalue weighted by Gasteiger charge is 2.11. The first-order chi connectivity index (χ1) is 9.06. The molecule has 0 saturated carbocycles. The van der Waals surface area contributed by atoms with Gasteiger partial charge in [0.2, 0.25) is 0 Å². The highest BCUT2D eigenvalue weighted by Crippen LogP contribution is 2.30. The predicted molar refractivity (Wildman–Crippen MR) is 74.1 cm³/mol. The van der Waals surface area contributed by atoms with Gasteiger partial charge in [0.25, 0.3) is 0 Å². The maximum atomic E-state index is 12.2. The summed E-state index contributed by atoms with van der Waals surface area (Å²) >= 11 is 1.71. The zero-order valence-corrected chi connectivity index (χ0v) is 11.9. The van der Waals surface area contributed by atoms with E-state index in [4.69, 9.17) is 10.5 Å². The summed E-state index contributed by atoms with van der Waals surface area (Å²) in [7, 11) is 1.43. The second-order valence-electron chi connectivity index (χ2n) is 4.05. The molecule has 1 aromatic carbocycles. The minimum atomic E-state index is -2.85. The van der Waals surface area contributed by atoms with Gasteiger partial charge in [0.1, 0.15) is 0 Å². The molecule has 1 rings (SSSR count). The number of thioether (sulfide) groups is 1. The molecule has 0 aliphatic carbocycles. The largest absolute Gasteiger partial charge is 0.493 e. The van der Waals surface area contributed by atoms with Crippen LogP contribution < -0.4 is 15.2 Å². The van der Waals surface area contributed by atoms with Crippen molar-refractivity contribution in [2.45, 2.75) is 31.8 Å². The molecule has 0 aliphatic heterocycles. The molecule has 0 saturated heterocycles. The van der Waals surface area contributed by atoms with Crippen LogP contribution in [0.25, 0.3) is 0 Å². The fraction of sp³-hybridized carbons (Fsp3) is 0.538. The second-order valence-corrected chi connectivity index (χ2v) is 5.08. The Balaban J connectivity index is 2.61. The minimum Gasteiger partial charge on any atom is -0.493 e. The summed E-state index contributed by atoms with van der Waals surface area (Å²) in [6.45, 7) is -0.804. The Kier molecular flexibility index (Phi) is 6.94. The van der Waals surface area contributed by atoms with Crippen molar-refractivity contribution in [2.24, 2.45) is 5.73 Å². The van der Waals surface area contributed by atoms with Gasteiger partial charge in [0.05, 0.1) is 7.11 Å². The van der Waals surface area contributed by atoms with Crippen LogP contribution in [-0.2, 0) is 5.75 Å². The Morgan fingerprint density at radius 2 is 2.05 bits per heavy atom. The van der Waals surface area contributed by atoms with E-state index < -0.39 is 6.61 Å². The zero-order valence-electron chi connectivity index (χ0n) is 11.1. The van der Waals surface area contributed by atoms with E-state index in [2.05, 4.69) is 4.74 Å². The topological polar surface area (TPSA) is 44.5 Å². The molecule has 3 nitrogen and oxygen atoms in total. The molecular formula is C13H19F2NO2S. The first-order valence-electron chi connectivity index (χ1n) is 6.01.